The van der Waals surface area contributed by atoms with E-state index < -0.39 is 0 Å². The number of nitro benzene ring substituents is 1. The molecular weight excluding hydrogens is 294 g/mol. The van der Waals surface area contributed by atoms with Gasteiger partial charge < -0.3 is 9.32 Å². The van der Waals surface area contributed by atoms with E-state index in [-0.39, 0.29) is 10.6 Å². The molecule has 0 atom stereocenters. The molecule has 6 heteroatoms. The van der Waals surface area contributed by atoms with Crippen LogP contribution in [0.5, 0.6) is 0 Å². The van der Waals surface area contributed by atoms with Crippen LogP contribution in [-0.2, 0) is 6.54 Å². The van der Waals surface area contributed by atoms with Crippen molar-refractivity contribution in [3.63, 3.8) is 0 Å². The summed E-state index contributed by atoms with van der Waals surface area (Å²) in [7, 11) is 2.14. The fourth-order valence-electron chi connectivity index (χ4n) is 2.93. The highest BCUT2D eigenvalue weighted by molar-refractivity contribution is 5.69. The molecule has 0 bridgehead atoms. The van der Waals surface area contributed by atoms with Gasteiger partial charge in [-0.25, -0.2) is 0 Å². The number of nitrogens with zero attached hydrogens (tertiary/aromatic N) is 3. The van der Waals surface area contributed by atoms with Gasteiger partial charge in [-0.3, -0.25) is 15.0 Å². The van der Waals surface area contributed by atoms with Crippen molar-refractivity contribution in [2.75, 3.05) is 33.2 Å². The molecule has 1 aliphatic heterocycles. The summed E-state index contributed by atoms with van der Waals surface area (Å²) in [5.74, 6) is 1.40. The molecule has 0 saturated carbocycles. The summed E-state index contributed by atoms with van der Waals surface area (Å²) in [6, 6.07) is 10.4. The van der Waals surface area contributed by atoms with Crippen LogP contribution in [0.3, 0.4) is 0 Å². The van der Waals surface area contributed by atoms with Crippen LogP contribution in [-0.4, -0.2) is 47.9 Å². The number of rotatable bonds is 4. The van der Waals surface area contributed by atoms with Crippen molar-refractivity contribution >= 4 is 5.69 Å². The van der Waals surface area contributed by atoms with Gasteiger partial charge >= 0.3 is 0 Å². The molecule has 0 N–H and O–H groups in total. The lowest BCUT2D eigenvalue weighted by molar-refractivity contribution is -0.384. The summed E-state index contributed by atoms with van der Waals surface area (Å²) < 4.78 is 5.87. The zero-order valence-corrected chi connectivity index (χ0v) is 13.3. The second-order valence-corrected chi connectivity index (χ2v) is 5.97. The molecule has 0 unspecified atom stereocenters. The van der Waals surface area contributed by atoms with Gasteiger partial charge in [0.1, 0.15) is 11.5 Å². The van der Waals surface area contributed by atoms with Crippen LogP contribution in [0.1, 0.15) is 12.2 Å². The van der Waals surface area contributed by atoms with E-state index in [1.54, 1.807) is 18.2 Å². The molecular formula is C17H21N3O3. The Hall–Kier alpha value is -2.18. The maximum atomic E-state index is 11.1. The Bertz CT molecular complexity index is 683. The van der Waals surface area contributed by atoms with Crippen LogP contribution < -0.4 is 0 Å². The molecule has 0 radical (unpaired) electrons. The normalized spacial score (nSPS) is 17.1. The van der Waals surface area contributed by atoms with Crippen molar-refractivity contribution in [1.29, 1.82) is 0 Å². The summed E-state index contributed by atoms with van der Waals surface area (Å²) in [5, 5.41) is 11.1. The third-order valence-corrected chi connectivity index (χ3v) is 4.22. The molecule has 122 valence electrons. The minimum atomic E-state index is -0.373. The molecule has 0 amide bonds. The molecule has 6 nitrogen and oxygen atoms in total. The number of furan rings is 1. The Balaban J connectivity index is 1.75. The Morgan fingerprint density at radius 3 is 2.78 bits per heavy atom. The lowest BCUT2D eigenvalue weighted by atomic mass is 10.1. The second kappa shape index (κ2) is 6.93. The highest BCUT2D eigenvalue weighted by Gasteiger charge is 2.18. The first-order valence-electron chi connectivity index (χ1n) is 7.87. The quantitative estimate of drug-likeness (QED) is 0.641. The summed E-state index contributed by atoms with van der Waals surface area (Å²) in [6.07, 6.45) is 1.15. The standard InChI is InChI=1S/C17H21N3O3/c1-18-9-4-10-19(12-11-18)13-14-7-8-17(23-14)15-5-2-3-6-16(15)20(21)22/h2-3,5-8H,4,9-13H2,1H3. The van der Waals surface area contributed by atoms with Gasteiger partial charge in [0.25, 0.3) is 5.69 Å². The number of likely N-dealkylation sites (N-methyl/N-ethyl adjacent to an activating group) is 1. The molecule has 1 aliphatic rings. The van der Waals surface area contributed by atoms with E-state index in [4.69, 9.17) is 4.42 Å². The van der Waals surface area contributed by atoms with Crippen LogP contribution in [0.15, 0.2) is 40.8 Å². The van der Waals surface area contributed by atoms with Gasteiger partial charge in [0, 0.05) is 19.2 Å². The largest absolute Gasteiger partial charge is 0.459 e. The van der Waals surface area contributed by atoms with E-state index in [2.05, 4.69) is 16.8 Å². The fraction of sp³-hybridized carbons (Fsp3) is 0.412. The zero-order valence-electron chi connectivity index (χ0n) is 13.3. The Morgan fingerprint density at radius 2 is 1.96 bits per heavy atom. The number of benzene rings is 1. The average Bonchev–Trinajstić information content (AvgIpc) is 2.91. The monoisotopic (exact) mass is 315 g/mol. The number of hydrogen-bond acceptors (Lipinski definition) is 5. The summed E-state index contributed by atoms with van der Waals surface area (Å²) in [5.41, 5.74) is 0.601. The molecule has 1 aromatic heterocycles. The molecule has 23 heavy (non-hydrogen) atoms. The number of para-hydroxylation sites is 1. The van der Waals surface area contributed by atoms with Crippen molar-refractivity contribution in [2.24, 2.45) is 0 Å². The maximum absolute atomic E-state index is 11.1. The topological polar surface area (TPSA) is 62.8 Å². The lowest BCUT2D eigenvalue weighted by Gasteiger charge is -2.18. The first-order valence-corrected chi connectivity index (χ1v) is 7.87. The summed E-state index contributed by atoms with van der Waals surface area (Å²) in [6.45, 7) is 4.98. The Labute approximate surface area is 135 Å². The third kappa shape index (κ3) is 3.78. The molecule has 1 saturated heterocycles. The molecule has 0 spiro atoms. The predicted molar refractivity (Wildman–Crippen MR) is 88.2 cm³/mol. The lowest BCUT2D eigenvalue weighted by Crippen LogP contribution is -2.28. The van der Waals surface area contributed by atoms with Gasteiger partial charge in [-0.2, -0.15) is 0 Å². The van der Waals surface area contributed by atoms with Crippen LogP contribution in [0.2, 0.25) is 0 Å². The van der Waals surface area contributed by atoms with E-state index in [9.17, 15) is 10.1 Å². The molecule has 2 aromatic rings. The molecule has 3 rings (SSSR count). The van der Waals surface area contributed by atoms with Gasteiger partial charge in [0.2, 0.25) is 0 Å². The SMILES string of the molecule is CN1CCCN(Cc2ccc(-c3ccccc3[N+](=O)[O-])o2)CC1. The van der Waals surface area contributed by atoms with Crippen molar-refractivity contribution in [3.05, 3.63) is 52.3 Å². The maximum Gasteiger partial charge on any atom is 0.280 e. The minimum Gasteiger partial charge on any atom is -0.459 e. The predicted octanol–water partition coefficient (Wildman–Crippen LogP) is 2.99. The molecule has 1 aromatic carbocycles. The van der Waals surface area contributed by atoms with Crippen LogP contribution in [0.25, 0.3) is 11.3 Å². The van der Waals surface area contributed by atoms with Gasteiger partial charge in [0.05, 0.1) is 17.0 Å². The van der Waals surface area contributed by atoms with E-state index in [1.807, 2.05) is 12.1 Å². The van der Waals surface area contributed by atoms with Gasteiger partial charge in [-0.15, -0.1) is 0 Å². The number of nitro groups is 1. The van der Waals surface area contributed by atoms with E-state index >= 15 is 0 Å². The Kier molecular flexibility index (Phi) is 4.73. The smallest absolute Gasteiger partial charge is 0.280 e. The first-order chi connectivity index (χ1) is 11.1. The average molecular weight is 315 g/mol. The van der Waals surface area contributed by atoms with Crippen molar-refractivity contribution < 1.29 is 9.34 Å². The van der Waals surface area contributed by atoms with Gasteiger partial charge in [-0.1, -0.05) is 12.1 Å². The van der Waals surface area contributed by atoms with Crippen molar-refractivity contribution in [2.45, 2.75) is 13.0 Å². The first kappa shape index (κ1) is 15.7. The van der Waals surface area contributed by atoms with E-state index in [0.717, 1.165) is 44.9 Å². The minimum absolute atomic E-state index is 0.0739. The van der Waals surface area contributed by atoms with Gasteiger partial charge in [0.15, 0.2) is 0 Å². The summed E-state index contributed by atoms with van der Waals surface area (Å²) in [4.78, 5) is 15.5. The van der Waals surface area contributed by atoms with Crippen molar-refractivity contribution in [1.82, 2.24) is 9.80 Å². The molecule has 1 fully saturated rings. The highest BCUT2D eigenvalue weighted by Crippen LogP contribution is 2.31. The second-order valence-electron chi connectivity index (χ2n) is 5.97. The number of hydrogen-bond donors (Lipinski definition) is 0. The Morgan fingerprint density at radius 1 is 1.13 bits per heavy atom. The van der Waals surface area contributed by atoms with Crippen molar-refractivity contribution in [3.8, 4) is 11.3 Å². The zero-order chi connectivity index (χ0) is 16.2. The molecule has 2 heterocycles. The fourth-order valence-corrected chi connectivity index (χ4v) is 2.93. The van der Waals surface area contributed by atoms with Crippen LogP contribution >= 0.6 is 0 Å². The van der Waals surface area contributed by atoms with Gasteiger partial charge in [-0.05, 0) is 44.8 Å². The van der Waals surface area contributed by atoms with Crippen LogP contribution in [0.4, 0.5) is 5.69 Å². The summed E-state index contributed by atoms with van der Waals surface area (Å²) >= 11 is 0. The molecule has 0 aliphatic carbocycles. The third-order valence-electron chi connectivity index (χ3n) is 4.22. The van der Waals surface area contributed by atoms with E-state index in [0.29, 0.717) is 11.3 Å². The van der Waals surface area contributed by atoms with E-state index in [1.165, 1.54) is 6.07 Å². The van der Waals surface area contributed by atoms with Crippen LogP contribution in [0, 0.1) is 10.1 Å². The highest BCUT2D eigenvalue weighted by atomic mass is 16.6.